The highest BCUT2D eigenvalue weighted by Crippen LogP contribution is 2.26. The number of hydrogen-bond acceptors (Lipinski definition) is 3. The van der Waals surface area contributed by atoms with Gasteiger partial charge in [0.2, 0.25) is 0 Å². The molecule has 0 aliphatic heterocycles. The lowest BCUT2D eigenvalue weighted by Gasteiger charge is -2.14. The maximum Gasteiger partial charge on any atom is 0.573 e. The van der Waals surface area contributed by atoms with Gasteiger partial charge in [0.25, 0.3) is 0 Å². The summed E-state index contributed by atoms with van der Waals surface area (Å²) in [6.07, 6.45) is -0.475. The number of guanidine groups is 1. The van der Waals surface area contributed by atoms with Gasteiger partial charge in [-0.2, -0.15) is 0 Å². The molecule has 140 valence electrons. The maximum absolute atomic E-state index is 12.5. The van der Waals surface area contributed by atoms with Gasteiger partial charge in [0.1, 0.15) is 5.75 Å². The first-order chi connectivity index (χ1) is 12.5. The summed E-state index contributed by atoms with van der Waals surface area (Å²) in [5, 5.41) is 6.22. The molecule has 0 radical (unpaired) electrons. The predicted molar refractivity (Wildman–Crippen MR) is 93.9 cm³/mol. The molecule has 8 heteroatoms. The first-order valence-corrected chi connectivity index (χ1v) is 8.22. The van der Waals surface area contributed by atoms with Gasteiger partial charge >= 0.3 is 6.36 Å². The quantitative estimate of drug-likeness (QED) is 0.583. The molecular weight excluding hydrogens is 345 g/mol. The SMILES string of the molecule is CCNC(=NCc1ccccc1OC(F)(F)F)NCCc1cccnc1. The summed E-state index contributed by atoms with van der Waals surface area (Å²) in [6, 6.07) is 9.82. The molecule has 0 saturated heterocycles. The third kappa shape index (κ3) is 7.00. The zero-order valence-electron chi connectivity index (χ0n) is 14.4. The highest BCUT2D eigenvalue weighted by atomic mass is 19.4. The number of hydrogen-bond donors (Lipinski definition) is 2. The number of ether oxygens (including phenoxy) is 1. The van der Waals surface area contributed by atoms with Crippen molar-refractivity contribution in [2.75, 3.05) is 13.1 Å². The van der Waals surface area contributed by atoms with Crippen molar-refractivity contribution < 1.29 is 17.9 Å². The monoisotopic (exact) mass is 366 g/mol. The van der Waals surface area contributed by atoms with E-state index in [4.69, 9.17) is 0 Å². The molecule has 5 nitrogen and oxygen atoms in total. The topological polar surface area (TPSA) is 58.5 Å². The van der Waals surface area contributed by atoms with E-state index in [0.29, 0.717) is 24.6 Å². The first-order valence-electron chi connectivity index (χ1n) is 8.22. The van der Waals surface area contributed by atoms with Crippen molar-refractivity contribution in [2.24, 2.45) is 4.99 Å². The van der Waals surface area contributed by atoms with Crippen LogP contribution in [0.1, 0.15) is 18.1 Å². The Morgan fingerprint density at radius 2 is 1.96 bits per heavy atom. The summed E-state index contributed by atoms with van der Waals surface area (Å²) in [7, 11) is 0. The van der Waals surface area contributed by atoms with Crippen molar-refractivity contribution in [3.05, 3.63) is 59.9 Å². The van der Waals surface area contributed by atoms with Crippen LogP contribution in [0.5, 0.6) is 5.75 Å². The van der Waals surface area contributed by atoms with Crippen LogP contribution >= 0.6 is 0 Å². The molecule has 1 aromatic heterocycles. The zero-order chi connectivity index (χ0) is 18.8. The number of rotatable bonds is 7. The molecule has 0 aliphatic carbocycles. The van der Waals surface area contributed by atoms with Crippen molar-refractivity contribution in [3.63, 3.8) is 0 Å². The number of para-hydroxylation sites is 1. The van der Waals surface area contributed by atoms with Gasteiger partial charge in [-0.25, -0.2) is 4.99 Å². The number of pyridine rings is 1. The molecule has 0 fully saturated rings. The second-order valence-corrected chi connectivity index (χ2v) is 5.39. The average molecular weight is 366 g/mol. The Hall–Kier alpha value is -2.77. The third-order valence-electron chi connectivity index (χ3n) is 3.38. The summed E-state index contributed by atoms with van der Waals surface area (Å²) >= 11 is 0. The molecule has 1 heterocycles. The van der Waals surface area contributed by atoms with Crippen molar-refractivity contribution in [1.82, 2.24) is 15.6 Å². The van der Waals surface area contributed by atoms with Crippen LogP contribution in [0.25, 0.3) is 0 Å². The molecule has 0 saturated carbocycles. The fourth-order valence-corrected chi connectivity index (χ4v) is 2.24. The average Bonchev–Trinajstić information content (AvgIpc) is 2.60. The highest BCUT2D eigenvalue weighted by molar-refractivity contribution is 5.79. The Morgan fingerprint density at radius 3 is 2.65 bits per heavy atom. The Kier molecular flexibility index (Phi) is 7.25. The van der Waals surface area contributed by atoms with Crippen molar-refractivity contribution in [3.8, 4) is 5.75 Å². The van der Waals surface area contributed by atoms with Gasteiger partial charge in [-0.05, 0) is 31.0 Å². The fourth-order valence-electron chi connectivity index (χ4n) is 2.24. The number of benzene rings is 1. The molecule has 2 rings (SSSR count). The van der Waals surface area contributed by atoms with E-state index in [9.17, 15) is 13.2 Å². The first kappa shape index (κ1) is 19.6. The van der Waals surface area contributed by atoms with E-state index in [1.54, 1.807) is 24.5 Å². The zero-order valence-corrected chi connectivity index (χ0v) is 14.4. The van der Waals surface area contributed by atoms with E-state index in [0.717, 1.165) is 12.0 Å². The minimum Gasteiger partial charge on any atom is -0.405 e. The smallest absolute Gasteiger partial charge is 0.405 e. The minimum atomic E-state index is -4.73. The normalized spacial score (nSPS) is 11.9. The van der Waals surface area contributed by atoms with Crippen LogP contribution < -0.4 is 15.4 Å². The van der Waals surface area contributed by atoms with E-state index in [1.807, 2.05) is 19.1 Å². The highest BCUT2D eigenvalue weighted by Gasteiger charge is 2.31. The van der Waals surface area contributed by atoms with Crippen LogP contribution in [0.2, 0.25) is 0 Å². The molecule has 0 bridgehead atoms. The molecule has 2 N–H and O–H groups in total. The van der Waals surface area contributed by atoms with Gasteiger partial charge in [0, 0.05) is 31.0 Å². The van der Waals surface area contributed by atoms with Crippen molar-refractivity contribution in [2.45, 2.75) is 26.3 Å². The Labute approximate surface area is 150 Å². The maximum atomic E-state index is 12.5. The van der Waals surface area contributed by atoms with Gasteiger partial charge in [-0.15, -0.1) is 13.2 Å². The van der Waals surface area contributed by atoms with E-state index in [-0.39, 0.29) is 12.3 Å². The van der Waals surface area contributed by atoms with Crippen LogP contribution in [-0.2, 0) is 13.0 Å². The van der Waals surface area contributed by atoms with Crippen LogP contribution in [0.3, 0.4) is 0 Å². The fraction of sp³-hybridized carbons (Fsp3) is 0.333. The van der Waals surface area contributed by atoms with E-state index in [2.05, 4.69) is 25.3 Å². The van der Waals surface area contributed by atoms with E-state index < -0.39 is 6.36 Å². The predicted octanol–water partition coefficient (Wildman–Crippen LogP) is 3.28. The molecule has 0 aliphatic rings. The second-order valence-electron chi connectivity index (χ2n) is 5.39. The summed E-state index contributed by atoms with van der Waals surface area (Å²) in [4.78, 5) is 8.39. The van der Waals surface area contributed by atoms with Crippen LogP contribution in [-0.4, -0.2) is 30.4 Å². The Bertz CT molecular complexity index is 705. The molecular formula is C18H21F3N4O. The number of nitrogens with one attached hydrogen (secondary N) is 2. The van der Waals surface area contributed by atoms with Crippen LogP contribution in [0.4, 0.5) is 13.2 Å². The van der Waals surface area contributed by atoms with Gasteiger partial charge < -0.3 is 15.4 Å². The number of alkyl halides is 3. The number of nitrogens with zero attached hydrogens (tertiary/aromatic N) is 2. The molecule has 0 atom stereocenters. The summed E-state index contributed by atoms with van der Waals surface area (Å²) in [5.74, 6) is 0.285. The summed E-state index contributed by atoms with van der Waals surface area (Å²) in [6.45, 7) is 3.24. The van der Waals surface area contributed by atoms with Gasteiger partial charge in [-0.1, -0.05) is 24.3 Å². The molecule has 0 amide bonds. The molecule has 26 heavy (non-hydrogen) atoms. The van der Waals surface area contributed by atoms with E-state index >= 15 is 0 Å². The minimum absolute atomic E-state index is 0.0640. The summed E-state index contributed by atoms with van der Waals surface area (Å²) < 4.78 is 41.5. The number of aromatic nitrogens is 1. The molecule has 2 aromatic rings. The summed E-state index contributed by atoms with van der Waals surface area (Å²) in [5.41, 5.74) is 1.44. The number of aliphatic imine (C=N–C) groups is 1. The molecule has 1 aromatic carbocycles. The standard InChI is InChI=1S/C18H21F3N4O/c1-2-23-17(24-11-9-14-6-5-10-22-12-14)25-13-15-7-3-4-8-16(15)26-18(19,20)21/h3-8,10,12H,2,9,11,13H2,1H3,(H2,23,24,25). The third-order valence-corrected chi connectivity index (χ3v) is 3.38. The lowest BCUT2D eigenvalue weighted by molar-refractivity contribution is -0.274. The Balaban J connectivity index is 1.98. The van der Waals surface area contributed by atoms with Gasteiger partial charge in [-0.3, -0.25) is 4.98 Å². The van der Waals surface area contributed by atoms with E-state index in [1.165, 1.54) is 12.1 Å². The number of halogens is 3. The van der Waals surface area contributed by atoms with Gasteiger partial charge in [0.15, 0.2) is 5.96 Å². The second kappa shape index (κ2) is 9.65. The lowest BCUT2D eigenvalue weighted by atomic mass is 10.2. The van der Waals surface area contributed by atoms with Crippen LogP contribution in [0.15, 0.2) is 53.8 Å². The largest absolute Gasteiger partial charge is 0.573 e. The Morgan fingerprint density at radius 1 is 1.15 bits per heavy atom. The van der Waals surface area contributed by atoms with Crippen molar-refractivity contribution >= 4 is 5.96 Å². The van der Waals surface area contributed by atoms with Crippen LogP contribution in [0, 0.1) is 0 Å². The lowest BCUT2D eigenvalue weighted by Crippen LogP contribution is -2.38. The van der Waals surface area contributed by atoms with Crippen molar-refractivity contribution in [1.29, 1.82) is 0 Å². The molecule has 0 spiro atoms. The molecule has 0 unspecified atom stereocenters. The van der Waals surface area contributed by atoms with Gasteiger partial charge in [0.05, 0.1) is 6.54 Å².